The number of halogens is 3. The van der Waals surface area contributed by atoms with E-state index in [1.165, 1.54) is 12.1 Å². The lowest BCUT2D eigenvalue weighted by atomic mass is 9.80. The Morgan fingerprint density at radius 3 is 2.44 bits per heavy atom. The molecule has 0 bridgehead atoms. The standard InChI is InChI=1S/C29H35F3N2O3S2/c1-19(2)33-24-7-12-27(22(16-24)18-39(36,37)26-10-8-25(38-3)9-11-26)34-14-13-21(17-28(34)35)20-5-4-6-23(15-20)29(30,31)32/h4-6,8-11,15,17,19,22,24,27,33H,7,12-14,16,18H2,1-3H3/t22-,24-,27-/m0/s1. The van der Waals surface area contributed by atoms with E-state index >= 15 is 0 Å². The molecule has 1 aliphatic heterocycles. The fourth-order valence-electron chi connectivity index (χ4n) is 5.73. The molecule has 0 unspecified atom stereocenters. The Morgan fingerprint density at radius 2 is 1.82 bits per heavy atom. The Bertz CT molecular complexity index is 1310. The summed E-state index contributed by atoms with van der Waals surface area (Å²) in [6, 6.07) is 12.0. The van der Waals surface area contributed by atoms with Crippen molar-refractivity contribution in [3.8, 4) is 0 Å². The van der Waals surface area contributed by atoms with Crippen LogP contribution >= 0.6 is 11.8 Å². The van der Waals surface area contributed by atoms with Crippen molar-refractivity contribution in [2.75, 3.05) is 18.6 Å². The molecule has 3 atom stereocenters. The van der Waals surface area contributed by atoms with Crippen LogP contribution in [0, 0.1) is 5.92 Å². The van der Waals surface area contributed by atoms with E-state index in [-0.39, 0.29) is 40.6 Å². The maximum atomic E-state index is 13.5. The first-order chi connectivity index (χ1) is 18.4. The summed E-state index contributed by atoms with van der Waals surface area (Å²) in [5.41, 5.74) is 0.202. The van der Waals surface area contributed by atoms with E-state index in [0.29, 0.717) is 36.9 Å². The molecule has 212 valence electrons. The minimum atomic E-state index is -4.46. The first-order valence-corrected chi connectivity index (χ1v) is 16.1. The predicted molar refractivity (Wildman–Crippen MR) is 149 cm³/mol. The number of nitrogens with one attached hydrogen (secondary N) is 1. The third-order valence-electron chi connectivity index (χ3n) is 7.53. The summed E-state index contributed by atoms with van der Waals surface area (Å²) in [6.45, 7) is 4.45. The van der Waals surface area contributed by atoms with Crippen LogP contribution in [0.2, 0.25) is 0 Å². The summed E-state index contributed by atoms with van der Waals surface area (Å²) in [5, 5.41) is 3.53. The Kier molecular flexibility index (Phi) is 9.18. The van der Waals surface area contributed by atoms with Crippen molar-refractivity contribution in [3.63, 3.8) is 0 Å². The molecular formula is C29H35F3N2O3S2. The van der Waals surface area contributed by atoms with Gasteiger partial charge in [-0.1, -0.05) is 26.0 Å². The minimum absolute atomic E-state index is 0.0689. The first kappa shape index (κ1) is 29.7. The normalized spacial score (nSPS) is 22.7. The molecule has 2 aromatic rings. The molecule has 0 saturated heterocycles. The fourth-order valence-corrected chi connectivity index (χ4v) is 7.80. The summed E-state index contributed by atoms with van der Waals surface area (Å²) < 4.78 is 66.6. The highest BCUT2D eigenvalue weighted by molar-refractivity contribution is 7.98. The summed E-state index contributed by atoms with van der Waals surface area (Å²) in [7, 11) is -3.60. The zero-order chi connectivity index (χ0) is 28.4. The van der Waals surface area contributed by atoms with E-state index < -0.39 is 21.6 Å². The topological polar surface area (TPSA) is 66.5 Å². The molecule has 10 heteroatoms. The second kappa shape index (κ2) is 12.1. The van der Waals surface area contributed by atoms with E-state index in [2.05, 4.69) is 19.2 Å². The van der Waals surface area contributed by atoms with Crippen LogP contribution in [0.3, 0.4) is 0 Å². The van der Waals surface area contributed by atoms with Gasteiger partial charge in [-0.15, -0.1) is 11.8 Å². The monoisotopic (exact) mass is 580 g/mol. The van der Waals surface area contributed by atoms with Gasteiger partial charge in [0.2, 0.25) is 5.91 Å². The summed E-state index contributed by atoms with van der Waals surface area (Å²) in [4.78, 5) is 16.3. The van der Waals surface area contributed by atoms with Crippen LogP contribution in [0.4, 0.5) is 13.2 Å². The number of rotatable bonds is 8. The molecule has 0 aromatic heterocycles. The van der Waals surface area contributed by atoms with Gasteiger partial charge in [0.25, 0.3) is 0 Å². The molecular weight excluding hydrogens is 545 g/mol. The molecule has 1 amide bonds. The van der Waals surface area contributed by atoms with Crippen molar-refractivity contribution in [2.24, 2.45) is 5.92 Å². The number of nitrogens with zero attached hydrogens (tertiary/aromatic N) is 1. The zero-order valence-corrected chi connectivity index (χ0v) is 24.0. The minimum Gasteiger partial charge on any atom is -0.336 e. The smallest absolute Gasteiger partial charge is 0.336 e. The van der Waals surface area contributed by atoms with Crippen LogP contribution in [0.5, 0.6) is 0 Å². The van der Waals surface area contributed by atoms with E-state index in [9.17, 15) is 26.4 Å². The molecule has 2 aromatic carbocycles. The van der Waals surface area contributed by atoms with Gasteiger partial charge in [-0.25, -0.2) is 8.42 Å². The number of benzene rings is 2. The molecule has 1 heterocycles. The third kappa shape index (κ3) is 7.27. The van der Waals surface area contributed by atoms with Crippen molar-refractivity contribution < 1.29 is 26.4 Å². The molecule has 1 saturated carbocycles. The second-order valence-electron chi connectivity index (χ2n) is 10.6. The maximum absolute atomic E-state index is 13.5. The number of hydrogen-bond donors (Lipinski definition) is 1. The highest BCUT2D eigenvalue weighted by atomic mass is 32.2. The van der Waals surface area contributed by atoms with Crippen molar-refractivity contribution in [1.82, 2.24) is 10.2 Å². The Morgan fingerprint density at radius 1 is 1.10 bits per heavy atom. The Labute approximate surface area is 233 Å². The van der Waals surface area contributed by atoms with Crippen LogP contribution in [0.1, 0.15) is 50.7 Å². The van der Waals surface area contributed by atoms with Gasteiger partial charge in [0.1, 0.15) is 0 Å². The molecule has 1 fully saturated rings. The number of carbonyl (C=O) groups is 1. The lowest BCUT2D eigenvalue weighted by molar-refractivity contribution is -0.137. The van der Waals surface area contributed by atoms with Crippen LogP contribution in [-0.4, -0.2) is 55.9 Å². The van der Waals surface area contributed by atoms with Crippen molar-refractivity contribution >= 4 is 33.1 Å². The van der Waals surface area contributed by atoms with Crippen molar-refractivity contribution in [3.05, 3.63) is 65.7 Å². The summed E-state index contributed by atoms with van der Waals surface area (Å²) in [6.07, 6.45) is 1.40. The second-order valence-corrected chi connectivity index (χ2v) is 13.6. The molecule has 2 aliphatic rings. The SMILES string of the molecule is CSc1ccc(S(=O)(=O)C[C@@H]2C[C@@H](NC(C)C)CC[C@@H]2N2CCC(c3cccc(C(F)(F)F)c3)=CC2=O)cc1. The van der Waals surface area contributed by atoms with Crippen molar-refractivity contribution in [2.45, 2.75) is 73.6 Å². The Balaban J connectivity index is 1.57. The number of thioether (sulfide) groups is 1. The molecule has 5 nitrogen and oxygen atoms in total. The fraction of sp³-hybridized carbons (Fsp3) is 0.483. The van der Waals surface area contributed by atoms with Gasteiger partial charge in [-0.05, 0) is 85.4 Å². The average molecular weight is 581 g/mol. The van der Waals surface area contributed by atoms with Crippen LogP contribution in [-0.2, 0) is 20.8 Å². The molecule has 0 spiro atoms. The summed E-state index contributed by atoms with van der Waals surface area (Å²) >= 11 is 1.54. The van der Waals surface area contributed by atoms with E-state index in [0.717, 1.165) is 23.4 Å². The van der Waals surface area contributed by atoms with Crippen molar-refractivity contribution in [1.29, 1.82) is 0 Å². The first-order valence-electron chi connectivity index (χ1n) is 13.2. The van der Waals surface area contributed by atoms with Gasteiger partial charge in [-0.3, -0.25) is 4.79 Å². The Hall–Kier alpha value is -2.30. The number of carbonyl (C=O) groups excluding carboxylic acids is 1. The van der Waals surface area contributed by atoms with Gasteiger partial charge in [-0.2, -0.15) is 13.2 Å². The molecule has 1 aliphatic carbocycles. The van der Waals surface area contributed by atoms with Gasteiger partial charge < -0.3 is 10.2 Å². The molecule has 1 N–H and O–H groups in total. The van der Waals surface area contributed by atoms with Gasteiger partial charge in [0.15, 0.2) is 9.84 Å². The van der Waals surface area contributed by atoms with E-state index in [1.54, 1.807) is 47.0 Å². The third-order valence-corrected chi connectivity index (χ3v) is 10.1. The van der Waals surface area contributed by atoms with Gasteiger partial charge in [0, 0.05) is 35.6 Å². The van der Waals surface area contributed by atoms with Gasteiger partial charge in [0.05, 0.1) is 16.2 Å². The predicted octanol–water partition coefficient (Wildman–Crippen LogP) is 6.05. The van der Waals surface area contributed by atoms with Crippen LogP contribution in [0.15, 0.2) is 64.4 Å². The molecule has 4 rings (SSSR count). The van der Waals surface area contributed by atoms with E-state index in [1.807, 2.05) is 6.26 Å². The van der Waals surface area contributed by atoms with Gasteiger partial charge >= 0.3 is 6.18 Å². The molecule has 39 heavy (non-hydrogen) atoms. The van der Waals surface area contributed by atoms with Crippen LogP contribution in [0.25, 0.3) is 5.57 Å². The highest BCUT2D eigenvalue weighted by Gasteiger charge is 2.40. The maximum Gasteiger partial charge on any atom is 0.416 e. The number of hydrogen-bond acceptors (Lipinski definition) is 5. The number of sulfone groups is 1. The summed E-state index contributed by atoms with van der Waals surface area (Å²) in [5.74, 6) is -0.617. The number of alkyl halides is 3. The zero-order valence-electron chi connectivity index (χ0n) is 22.4. The highest BCUT2D eigenvalue weighted by Crippen LogP contribution is 2.36. The lowest BCUT2D eigenvalue weighted by Gasteiger charge is -2.44. The largest absolute Gasteiger partial charge is 0.416 e. The number of amides is 1. The average Bonchev–Trinajstić information content (AvgIpc) is 2.88. The lowest BCUT2D eigenvalue weighted by Crippen LogP contribution is -2.53. The van der Waals surface area contributed by atoms with Crippen LogP contribution < -0.4 is 5.32 Å². The molecule has 0 radical (unpaired) electrons. The van der Waals surface area contributed by atoms with E-state index in [4.69, 9.17) is 0 Å². The quantitative estimate of drug-likeness (QED) is 0.385.